The number of amides is 3. The van der Waals surface area contributed by atoms with E-state index in [9.17, 15) is 29.1 Å². The minimum atomic E-state index is -1.42. The van der Waals surface area contributed by atoms with Gasteiger partial charge in [0.15, 0.2) is 11.7 Å². The van der Waals surface area contributed by atoms with E-state index < -0.39 is 65.2 Å². The minimum Gasteiger partial charge on any atom is -0.480 e. The Morgan fingerprint density at radius 3 is 2.53 bits per heavy atom. The zero-order valence-corrected chi connectivity index (χ0v) is 30.3. The van der Waals surface area contributed by atoms with E-state index in [2.05, 4.69) is 16.1 Å². The molecule has 2 aromatic rings. The van der Waals surface area contributed by atoms with Crippen LogP contribution in [0.3, 0.4) is 0 Å². The average molecular weight is 710 g/mol. The molecular weight excluding hydrogens is 658 g/mol. The van der Waals surface area contributed by atoms with Crippen molar-refractivity contribution in [2.45, 2.75) is 109 Å². The third kappa shape index (κ3) is 11.0. The number of nitrogens with zero attached hydrogens (tertiary/aromatic N) is 2. The standard InChI is InChI=1S/C37H51N5O9/c1-23(2)30(31(43)39-24(3)32(44)42-20-9-10-28(41-42)33(45)46)50-34(47)37(17-7-8-21-49-37)18-15-25-11-12-26-13-14-27(40-29(26)22-25)16-19-38-35(48)51-36(4,5)6/h11-15,18,22-24,28,30,41H,7-10,16-17,19-21H2,1-6H3,(H,38,48)(H,39,43)(H,45,46)/b18-15+/t24-,28-,30-,37+/m0/s1. The van der Waals surface area contributed by atoms with Crippen LogP contribution in [0.5, 0.6) is 0 Å². The van der Waals surface area contributed by atoms with Gasteiger partial charge in [-0.2, -0.15) is 0 Å². The maximum atomic E-state index is 13.8. The van der Waals surface area contributed by atoms with Crippen LogP contribution in [0.4, 0.5) is 4.79 Å². The number of carboxylic acid groups (broad SMARTS) is 1. The summed E-state index contributed by atoms with van der Waals surface area (Å²) in [6.45, 7) is 11.4. The molecule has 0 unspecified atom stereocenters. The molecule has 2 saturated heterocycles. The number of carboxylic acids is 1. The Kier molecular flexibility index (Phi) is 13.2. The highest BCUT2D eigenvalue weighted by Gasteiger charge is 2.43. The van der Waals surface area contributed by atoms with Crippen molar-refractivity contribution >= 4 is 46.8 Å². The number of ether oxygens (including phenoxy) is 3. The van der Waals surface area contributed by atoms with Crippen molar-refractivity contribution < 1.29 is 43.3 Å². The Morgan fingerprint density at radius 1 is 1.12 bits per heavy atom. The Morgan fingerprint density at radius 2 is 1.86 bits per heavy atom. The molecule has 0 bridgehead atoms. The molecule has 2 aliphatic heterocycles. The van der Waals surface area contributed by atoms with Gasteiger partial charge in [0, 0.05) is 37.2 Å². The van der Waals surface area contributed by atoms with Crippen LogP contribution in [0.1, 0.15) is 84.9 Å². The SMILES string of the molecule is CC(C)[C@H](OC(=O)[C@]1(/C=C/c2ccc3ccc(CCNC(=O)OC(C)(C)C)nc3c2)CCCCO1)C(=O)N[C@@H](C)C(=O)N1CCC[C@@H](C(=O)O)N1. The molecule has 51 heavy (non-hydrogen) atoms. The van der Waals surface area contributed by atoms with Crippen LogP contribution in [0.2, 0.25) is 0 Å². The smallest absolute Gasteiger partial charge is 0.407 e. The Labute approximate surface area is 298 Å². The molecule has 0 spiro atoms. The molecule has 14 heteroatoms. The maximum Gasteiger partial charge on any atom is 0.407 e. The quantitative estimate of drug-likeness (QED) is 0.234. The third-order valence-corrected chi connectivity index (χ3v) is 8.59. The van der Waals surface area contributed by atoms with Gasteiger partial charge in [-0.25, -0.2) is 15.0 Å². The number of aromatic nitrogens is 1. The van der Waals surface area contributed by atoms with Gasteiger partial charge in [0.1, 0.15) is 17.7 Å². The molecule has 2 fully saturated rings. The van der Waals surface area contributed by atoms with E-state index in [0.717, 1.165) is 28.6 Å². The van der Waals surface area contributed by atoms with E-state index in [1.807, 2.05) is 30.3 Å². The summed E-state index contributed by atoms with van der Waals surface area (Å²) in [5.41, 5.74) is 3.01. The van der Waals surface area contributed by atoms with E-state index in [4.69, 9.17) is 19.2 Å². The second kappa shape index (κ2) is 17.1. The molecule has 3 amide bonds. The number of carbonyl (C=O) groups excluding carboxylic acids is 4. The number of pyridine rings is 1. The van der Waals surface area contributed by atoms with E-state index in [-0.39, 0.29) is 0 Å². The van der Waals surface area contributed by atoms with Crippen LogP contribution >= 0.6 is 0 Å². The van der Waals surface area contributed by atoms with Crippen molar-refractivity contribution in [2.75, 3.05) is 19.7 Å². The lowest BCUT2D eigenvalue weighted by molar-refractivity contribution is -0.181. The van der Waals surface area contributed by atoms with Crippen molar-refractivity contribution in [3.8, 4) is 0 Å². The van der Waals surface area contributed by atoms with Gasteiger partial charge < -0.3 is 30.0 Å². The van der Waals surface area contributed by atoms with E-state index in [1.54, 1.807) is 46.8 Å². The first-order chi connectivity index (χ1) is 24.1. The molecule has 4 atom stereocenters. The lowest BCUT2D eigenvalue weighted by Gasteiger charge is -2.35. The first kappa shape index (κ1) is 39.2. The number of esters is 1. The molecule has 278 valence electrons. The fraction of sp³-hybridized carbons (Fsp3) is 0.568. The van der Waals surface area contributed by atoms with Crippen molar-refractivity contribution in [1.82, 2.24) is 26.1 Å². The predicted octanol–water partition coefficient (Wildman–Crippen LogP) is 3.91. The van der Waals surface area contributed by atoms with E-state index >= 15 is 0 Å². The second-order valence-electron chi connectivity index (χ2n) is 14.4. The lowest BCUT2D eigenvalue weighted by Crippen LogP contribution is -2.60. The summed E-state index contributed by atoms with van der Waals surface area (Å²) < 4.78 is 17.2. The van der Waals surface area contributed by atoms with Crippen LogP contribution in [0.15, 0.2) is 36.4 Å². The predicted molar refractivity (Wildman–Crippen MR) is 189 cm³/mol. The molecular formula is C37H51N5O9. The highest BCUT2D eigenvalue weighted by atomic mass is 16.6. The fourth-order valence-corrected chi connectivity index (χ4v) is 5.86. The van der Waals surface area contributed by atoms with Gasteiger partial charge >= 0.3 is 18.0 Å². The summed E-state index contributed by atoms with van der Waals surface area (Å²) in [4.78, 5) is 68.5. The largest absolute Gasteiger partial charge is 0.480 e. The third-order valence-electron chi connectivity index (χ3n) is 8.59. The summed E-state index contributed by atoms with van der Waals surface area (Å²) in [6, 6.07) is 7.72. The number of aliphatic carboxylic acids is 1. The Bertz CT molecular complexity index is 1610. The number of carbonyl (C=O) groups is 5. The van der Waals surface area contributed by atoms with E-state index in [1.165, 1.54) is 11.9 Å². The fourth-order valence-electron chi connectivity index (χ4n) is 5.86. The van der Waals surface area contributed by atoms with Gasteiger partial charge in [-0.1, -0.05) is 38.1 Å². The topological polar surface area (TPSA) is 185 Å². The number of alkyl carbamates (subject to hydrolysis) is 1. The summed E-state index contributed by atoms with van der Waals surface area (Å²) in [5.74, 6) is -3.32. The lowest BCUT2D eigenvalue weighted by atomic mass is 9.92. The number of benzene rings is 1. The zero-order chi connectivity index (χ0) is 37.3. The Hall–Kier alpha value is -4.56. The van der Waals surface area contributed by atoms with Crippen LogP contribution in [0, 0.1) is 5.92 Å². The zero-order valence-electron chi connectivity index (χ0n) is 30.3. The molecule has 0 aliphatic carbocycles. The number of fused-ring (bicyclic) bond motifs is 1. The molecule has 0 radical (unpaired) electrons. The molecule has 1 aromatic heterocycles. The van der Waals surface area contributed by atoms with Crippen LogP contribution in [-0.2, 0) is 39.8 Å². The van der Waals surface area contributed by atoms with Crippen LogP contribution < -0.4 is 16.1 Å². The van der Waals surface area contributed by atoms with Crippen molar-refractivity contribution in [2.24, 2.45) is 5.92 Å². The first-order valence-corrected chi connectivity index (χ1v) is 17.6. The van der Waals surface area contributed by atoms with Crippen molar-refractivity contribution in [3.05, 3.63) is 47.7 Å². The molecule has 0 saturated carbocycles. The molecule has 2 aliphatic rings. The molecule has 1 aromatic carbocycles. The van der Waals surface area contributed by atoms with Crippen LogP contribution in [-0.4, -0.2) is 94.0 Å². The molecule has 4 rings (SSSR count). The Balaban J connectivity index is 1.43. The van der Waals surface area contributed by atoms with Crippen LogP contribution in [0.25, 0.3) is 17.0 Å². The highest BCUT2D eigenvalue weighted by molar-refractivity contribution is 5.92. The van der Waals surface area contributed by atoms with Gasteiger partial charge in [0.05, 0.1) is 5.52 Å². The number of rotatable bonds is 12. The second-order valence-corrected chi connectivity index (χ2v) is 14.4. The molecule has 14 nitrogen and oxygen atoms in total. The first-order valence-electron chi connectivity index (χ1n) is 17.6. The summed E-state index contributed by atoms with van der Waals surface area (Å²) in [6.07, 6.45) is 5.00. The van der Waals surface area contributed by atoms with Gasteiger partial charge in [0.2, 0.25) is 0 Å². The molecule has 3 heterocycles. The normalized spacial score (nSPS) is 20.8. The summed E-state index contributed by atoms with van der Waals surface area (Å²) in [7, 11) is 0. The summed E-state index contributed by atoms with van der Waals surface area (Å²) >= 11 is 0. The van der Waals surface area contributed by atoms with Crippen molar-refractivity contribution in [3.63, 3.8) is 0 Å². The number of nitrogens with one attached hydrogen (secondary N) is 3. The summed E-state index contributed by atoms with van der Waals surface area (Å²) in [5, 5.41) is 16.9. The van der Waals surface area contributed by atoms with Gasteiger partial charge in [-0.05, 0) is 89.5 Å². The highest BCUT2D eigenvalue weighted by Crippen LogP contribution is 2.30. The van der Waals surface area contributed by atoms with Gasteiger partial charge in [-0.3, -0.25) is 24.4 Å². The van der Waals surface area contributed by atoms with E-state index in [0.29, 0.717) is 51.8 Å². The number of hydrazine groups is 1. The van der Waals surface area contributed by atoms with Crippen molar-refractivity contribution in [1.29, 1.82) is 0 Å². The molecule has 4 N–H and O–H groups in total. The minimum absolute atomic E-state index is 0.305. The number of hydrogen-bond donors (Lipinski definition) is 4. The maximum absolute atomic E-state index is 13.8. The van der Waals surface area contributed by atoms with Gasteiger partial charge in [0.25, 0.3) is 11.8 Å². The monoisotopic (exact) mass is 709 g/mol. The average Bonchev–Trinajstić information content (AvgIpc) is 3.08. The van der Waals surface area contributed by atoms with Gasteiger partial charge in [-0.15, -0.1) is 0 Å². The number of hydrogen-bond acceptors (Lipinski definition) is 10.